The maximum Gasteiger partial charge on any atom is 0.179 e. The maximum atomic E-state index is 2.52. The first-order valence-corrected chi connectivity index (χ1v) is 28.0. The molecule has 0 N–H and O–H groups in total. The van der Waals surface area contributed by atoms with Crippen LogP contribution in [0.5, 0.6) is 0 Å². The number of fused-ring (bicyclic) bond motifs is 13. The van der Waals surface area contributed by atoms with E-state index in [9.17, 15) is 0 Å². The van der Waals surface area contributed by atoms with Crippen molar-refractivity contribution < 1.29 is 0 Å². The van der Waals surface area contributed by atoms with E-state index in [4.69, 9.17) is 0 Å². The normalized spacial score (nSPS) is 12.0. The summed E-state index contributed by atoms with van der Waals surface area (Å²) in [6.07, 6.45) is 0. The van der Waals surface area contributed by atoms with Crippen LogP contribution in [0.1, 0.15) is 0 Å². The molecular formula is C72H48N2Si. The Balaban J connectivity index is 1.01. The van der Waals surface area contributed by atoms with Gasteiger partial charge in [0.15, 0.2) is 8.07 Å². The highest BCUT2D eigenvalue weighted by Crippen LogP contribution is 2.44. The summed E-state index contributed by atoms with van der Waals surface area (Å²) >= 11 is 0. The van der Waals surface area contributed by atoms with Gasteiger partial charge in [-0.2, -0.15) is 0 Å². The zero-order chi connectivity index (χ0) is 49.5. The van der Waals surface area contributed by atoms with Crippen LogP contribution in [0.15, 0.2) is 291 Å². The second kappa shape index (κ2) is 17.3. The van der Waals surface area contributed by atoms with Crippen molar-refractivity contribution in [3.8, 4) is 33.6 Å². The van der Waals surface area contributed by atoms with Gasteiger partial charge in [0, 0.05) is 38.3 Å². The second-order valence-corrected chi connectivity index (χ2v) is 23.7. The number of aromatic nitrogens is 2. The molecular weight excluding hydrogens is 921 g/mol. The van der Waals surface area contributed by atoms with Crippen LogP contribution in [-0.2, 0) is 0 Å². The lowest BCUT2D eigenvalue weighted by Gasteiger charge is -2.35. The van der Waals surface area contributed by atoms with E-state index in [0.29, 0.717) is 0 Å². The second-order valence-electron chi connectivity index (χ2n) is 19.9. The van der Waals surface area contributed by atoms with Gasteiger partial charge in [-0.15, -0.1) is 0 Å². The molecule has 0 aliphatic heterocycles. The fraction of sp³-hybridized carbons (Fsp3) is 0. The van der Waals surface area contributed by atoms with E-state index in [1.54, 1.807) is 0 Å². The summed E-state index contributed by atoms with van der Waals surface area (Å²) in [6.45, 7) is 0. The molecule has 350 valence electrons. The van der Waals surface area contributed by atoms with Crippen molar-refractivity contribution in [3.63, 3.8) is 0 Å². The zero-order valence-electron chi connectivity index (χ0n) is 41.1. The van der Waals surface area contributed by atoms with Crippen LogP contribution in [0.2, 0.25) is 0 Å². The lowest BCUT2D eigenvalue weighted by Crippen LogP contribution is -2.74. The molecule has 0 amide bonds. The van der Waals surface area contributed by atoms with Crippen LogP contribution in [0.4, 0.5) is 0 Å². The van der Waals surface area contributed by atoms with Crippen LogP contribution in [0.3, 0.4) is 0 Å². The Morgan fingerprint density at radius 3 is 1.16 bits per heavy atom. The Kier molecular flexibility index (Phi) is 9.94. The van der Waals surface area contributed by atoms with Crippen molar-refractivity contribution in [1.29, 1.82) is 0 Å². The van der Waals surface area contributed by atoms with Crippen molar-refractivity contribution in [2.75, 3.05) is 0 Å². The molecule has 0 fully saturated rings. The van der Waals surface area contributed by atoms with E-state index >= 15 is 0 Å². The molecule has 0 bridgehead atoms. The Morgan fingerprint density at radius 2 is 0.587 bits per heavy atom. The third kappa shape index (κ3) is 6.65. The van der Waals surface area contributed by atoms with Gasteiger partial charge in [0.2, 0.25) is 0 Å². The SMILES string of the molecule is c1ccc(-c2cccc([Si](c3ccccc3)(c3ccc(-n4c5ccc(-n6c7ccccc7c7ccccc76)cc5c5c6c7ccccc7c7ccccc7c6ccc54)cc3)c3cccc(-c4ccccc4)c3)c2)cc1. The summed E-state index contributed by atoms with van der Waals surface area (Å²) in [4.78, 5) is 0. The molecule has 0 unspecified atom stereocenters. The summed E-state index contributed by atoms with van der Waals surface area (Å²) in [7, 11) is -3.03. The van der Waals surface area contributed by atoms with Crippen molar-refractivity contribution in [2.24, 2.45) is 0 Å². The smallest absolute Gasteiger partial charge is 0.179 e. The molecule has 2 heterocycles. The zero-order valence-corrected chi connectivity index (χ0v) is 42.1. The van der Waals surface area contributed by atoms with E-state index in [2.05, 4.69) is 300 Å². The van der Waals surface area contributed by atoms with Crippen molar-refractivity contribution in [2.45, 2.75) is 0 Å². The lowest BCUT2D eigenvalue weighted by molar-refractivity contribution is 1.17. The van der Waals surface area contributed by atoms with Crippen LogP contribution in [-0.4, -0.2) is 17.2 Å². The number of para-hydroxylation sites is 2. The average molecular weight is 969 g/mol. The number of hydrogen-bond donors (Lipinski definition) is 0. The topological polar surface area (TPSA) is 9.86 Å². The molecule has 75 heavy (non-hydrogen) atoms. The summed E-state index contributed by atoms with van der Waals surface area (Å²) in [6, 6.07) is 109. The molecule has 0 aliphatic rings. The molecule has 13 aromatic carbocycles. The van der Waals surface area contributed by atoms with Crippen LogP contribution in [0.25, 0.3) is 110 Å². The maximum absolute atomic E-state index is 3.03. The number of rotatable bonds is 8. The van der Waals surface area contributed by atoms with Gasteiger partial charge in [-0.1, -0.05) is 243 Å². The molecule has 0 radical (unpaired) electrons. The van der Waals surface area contributed by atoms with Gasteiger partial charge in [0.05, 0.1) is 22.1 Å². The predicted molar refractivity (Wildman–Crippen MR) is 322 cm³/mol. The van der Waals surface area contributed by atoms with Crippen molar-refractivity contribution in [3.05, 3.63) is 291 Å². The number of hydrogen-bond acceptors (Lipinski definition) is 0. The van der Waals surface area contributed by atoms with Crippen LogP contribution >= 0.6 is 0 Å². The molecule has 15 rings (SSSR count). The first-order valence-electron chi connectivity index (χ1n) is 26.0. The lowest BCUT2D eigenvalue weighted by atomic mass is 9.92. The molecule has 2 aromatic heterocycles. The molecule has 0 saturated carbocycles. The summed E-state index contributed by atoms with van der Waals surface area (Å²) in [5.41, 5.74) is 11.9. The van der Waals surface area contributed by atoms with Crippen molar-refractivity contribution in [1.82, 2.24) is 9.13 Å². The van der Waals surface area contributed by atoms with Gasteiger partial charge in [-0.05, 0) is 118 Å². The van der Waals surface area contributed by atoms with E-state index < -0.39 is 8.07 Å². The Morgan fingerprint density at radius 1 is 0.200 bits per heavy atom. The number of nitrogens with zero attached hydrogens (tertiary/aromatic N) is 2. The van der Waals surface area contributed by atoms with Gasteiger partial charge in [-0.3, -0.25) is 0 Å². The Bertz CT molecular complexity index is 4510. The van der Waals surface area contributed by atoms with Gasteiger partial charge in [0.25, 0.3) is 0 Å². The van der Waals surface area contributed by atoms with Gasteiger partial charge in [-0.25, -0.2) is 0 Å². The monoisotopic (exact) mass is 968 g/mol. The summed E-state index contributed by atoms with van der Waals surface area (Å²) < 4.78 is 4.97. The third-order valence-corrected chi connectivity index (χ3v) is 20.8. The first kappa shape index (κ1) is 43.1. The predicted octanol–water partition coefficient (Wildman–Crippen LogP) is 16.1. The summed E-state index contributed by atoms with van der Waals surface area (Å²) in [5, 5.41) is 18.0. The highest BCUT2D eigenvalue weighted by atomic mass is 28.3. The van der Waals surface area contributed by atoms with Gasteiger partial charge >= 0.3 is 0 Å². The molecule has 3 heteroatoms. The quantitative estimate of drug-likeness (QED) is 0.0816. The first-order chi connectivity index (χ1) is 37.2. The third-order valence-electron chi connectivity index (χ3n) is 16.0. The van der Waals surface area contributed by atoms with Gasteiger partial charge in [0.1, 0.15) is 0 Å². The fourth-order valence-electron chi connectivity index (χ4n) is 12.8. The molecule has 0 atom stereocenters. The van der Waals surface area contributed by atoms with E-state index in [-0.39, 0.29) is 0 Å². The van der Waals surface area contributed by atoms with Gasteiger partial charge < -0.3 is 9.13 Å². The molecule has 15 aromatic rings. The van der Waals surface area contributed by atoms with E-state index in [0.717, 1.165) is 11.4 Å². The minimum Gasteiger partial charge on any atom is -0.309 e. The number of benzene rings is 13. The molecule has 0 spiro atoms. The Hall–Kier alpha value is -9.54. The minimum absolute atomic E-state index is 1.12. The molecule has 2 nitrogen and oxygen atoms in total. The molecule has 0 aliphatic carbocycles. The molecule has 0 saturated heterocycles. The minimum atomic E-state index is -3.03. The van der Waals surface area contributed by atoms with Crippen LogP contribution in [0, 0.1) is 0 Å². The highest BCUT2D eigenvalue weighted by Gasteiger charge is 2.42. The summed E-state index contributed by atoms with van der Waals surface area (Å²) in [5.74, 6) is 0. The fourth-order valence-corrected chi connectivity index (χ4v) is 17.6. The standard InChI is InChI=1S/C72H48N2Si/c1-4-20-49(21-5-1)51-24-18-28-57(46-51)75(55-26-8-3-9-27-55,58-29-19-25-52(47-58)50-22-6-2-7-23-50)56-41-38-53(39-42-56)73-69-44-40-54(74-67-36-16-14-33-62(67)63-34-15-17-37-68(63)74)48-66(69)72-70(73)45-43-65-61-32-11-10-30-59(61)60-31-12-13-35-64(60)71(65)72/h1-48H. The Labute approximate surface area is 436 Å². The van der Waals surface area contributed by atoms with E-state index in [1.807, 2.05) is 0 Å². The van der Waals surface area contributed by atoms with Crippen LogP contribution < -0.4 is 20.7 Å². The largest absolute Gasteiger partial charge is 0.309 e. The average Bonchev–Trinajstić information content (AvgIpc) is 4.09. The van der Waals surface area contributed by atoms with E-state index in [1.165, 1.54) is 119 Å². The highest BCUT2D eigenvalue weighted by molar-refractivity contribution is 7.20. The van der Waals surface area contributed by atoms with Crippen molar-refractivity contribution >= 4 is 105 Å².